The lowest BCUT2D eigenvalue weighted by molar-refractivity contribution is -0.159. The molecule has 1 aromatic rings. The van der Waals surface area contributed by atoms with Crippen LogP contribution in [0.1, 0.15) is 25.3 Å². The fourth-order valence-electron chi connectivity index (χ4n) is 1.19. The Bertz CT molecular complexity index is 279. The minimum atomic E-state index is 0.488. The first-order chi connectivity index (χ1) is 6.75. The largest absolute Gasteiger partial charge is 0.304 e. The van der Waals surface area contributed by atoms with Crippen LogP contribution in [0.3, 0.4) is 0 Å². The number of hydrogen-bond acceptors (Lipinski definition) is 4. The molecular formula is C10H15NO2S. The summed E-state index contributed by atoms with van der Waals surface area (Å²) in [7, 11) is 1.48. The Morgan fingerprint density at radius 2 is 2.00 bits per heavy atom. The molecular weight excluding hydrogens is 198 g/mol. The van der Waals surface area contributed by atoms with Crippen molar-refractivity contribution in [2.45, 2.75) is 19.8 Å². The standard InChI is InChI=1S/C10H15NO2S/c1-8(2)9-6-4-5-7-10(9)11-14-13-12-3/h4-8,11H,1-3H3. The Balaban J connectivity index is 2.64. The molecule has 0 aliphatic rings. The molecule has 4 heteroatoms. The van der Waals surface area contributed by atoms with E-state index in [1.807, 2.05) is 18.2 Å². The predicted octanol–water partition coefficient (Wildman–Crippen LogP) is 3.36. The number of benzene rings is 1. The third-order valence-electron chi connectivity index (χ3n) is 1.84. The molecule has 0 aliphatic carbocycles. The summed E-state index contributed by atoms with van der Waals surface area (Å²) in [6.45, 7) is 4.31. The van der Waals surface area contributed by atoms with Crippen LogP contribution in [0.25, 0.3) is 0 Å². The zero-order valence-electron chi connectivity index (χ0n) is 8.61. The molecule has 0 saturated carbocycles. The average Bonchev–Trinajstić information content (AvgIpc) is 2.19. The second kappa shape index (κ2) is 5.90. The van der Waals surface area contributed by atoms with Crippen LogP contribution >= 0.6 is 12.2 Å². The van der Waals surface area contributed by atoms with Gasteiger partial charge in [0.05, 0.1) is 7.11 Å². The maximum Gasteiger partial charge on any atom is 0.148 e. The molecule has 0 spiro atoms. The van der Waals surface area contributed by atoms with Crippen molar-refractivity contribution in [2.24, 2.45) is 0 Å². The van der Waals surface area contributed by atoms with Crippen LogP contribution in [0.15, 0.2) is 24.3 Å². The van der Waals surface area contributed by atoms with Crippen LogP contribution in [-0.2, 0) is 9.22 Å². The molecule has 0 saturated heterocycles. The molecule has 0 fully saturated rings. The molecule has 0 radical (unpaired) electrons. The van der Waals surface area contributed by atoms with Gasteiger partial charge in [0.1, 0.15) is 12.2 Å². The van der Waals surface area contributed by atoms with E-state index in [9.17, 15) is 0 Å². The highest BCUT2D eigenvalue weighted by Crippen LogP contribution is 2.25. The maximum atomic E-state index is 4.68. The SMILES string of the molecule is COOSNc1ccccc1C(C)C. The number of rotatable bonds is 5. The fourth-order valence-corrected chi connectivity index (χ4v) is 1.57. The molecule has 0 bridgehead atoms. The van der Waals surface area contributed by atoms with Crippen molar-refractivity contribution in [3.63, 3.8) is 0 Å². The quantitative estimate of drug-likeness (QED) is 0.267. The highest BCUT2D eigenvalue weighted by Gasteiger charge is 2.04. The van der Waals surface area contributed by atoms with E-state index < -0.39 is 0 Å². The predicted molar refractivity (Wildman–Crippen MR) is 59.8 cm³/mol. The molecule has 3 nitrogen and oxygen atoms in total. The van der Waals surface area contributed by atoms with Crippen LogP contribution in [0.2, 0.25) is 0 Å². The van der Waals surface area contributed by atoms with E-state index in [0.29, 0.717) is 5.92 Å². The first kappa shape index (κ1) is 11.4. The summed E-state index contributed by atoms with van der Waals surface area (Å²) in [6.07, 6.45) is 0. The highest BCUT2D eigenvalue weighted by atomic mass is 32.2. The lowest BCUT2D eigenvalue weighted by Crippen LogP contribution is -1.96. The molecule has 0 heterocycles. The van der Waals surface area contributed by atoms with Gasteiger partial charge in [0.25, 0.3) is 0 Å². The van der Waals surface area contributed by atoms with Crippen LogP contribution in [0, 0.1) is 0 Å². The number of anilines is 1. The Labute approximate surface area is 89.1 Å². The molecule has 14 heavy (non-hydrogen) atoms. The molecule has 0 atom stereocenters. The Morgan fingerprint density at radius 1 is 1.29 bits per heavy atom. The number of nitrogens with one attached hydrogen (secondary N) is 1. The summed E-state index contributed by atoms with van der Waals surface area (Å²) < 4.78 is 7.74. The van der Waals surface area contributed by atoms with Crippen molar-refractivity contribution in [2.75, 3.05) is 11.8 Å². The third kappa shape index (κ3) is 3.21. The Morgan fingerprint density at radius 3 is 2.64 bits per heavy atom. The summed E-state index contributed by atoms with van der Waals surface area (Å²) in [4.78, 5) is 4.46. The lowest BCUT2D eigenvalue weighted by atomic mass is 10.0. The molecule has 0 amide bonds. The fraction of sp³-hybridized carbons (Fsp3) is 0.400. The zero-order chi connectivity index (χ0) is 10.4. The second-order valence-corrected chi connectivity index (χ2v) is 3.67. The van der Waals surface area contributed by atoms with E-state index in [4.69, 9.17) is 0 Å². The average molecular weight is 213 g/mol. The van der Waals surface area contributed by atoms with Gasteiger partial charge < -0.3 is 4.72 Å². The summed E-state index contributed by atoms with van der Waals surface area (Å²) >= 11 is 1.07. The van der Waals surface area contributed by atoms with E-state index in [1.54, 1.807) is 0 Å². The van der Waals surface area contributed by atoms with Gasteiger partial charge in [-0.1, -0.05) is 32.0 Å². The molecule has 1 rings (SSSR count). The second-order valence-electron chi connectivity index (χ2n) is 3.16. The minimum Gasteiger partial charge on any atom is -0.304 e. The van der Waals surface area contributed by atoms with E-state index in [0.717, 1.165) is 17.9 Å². The molecule has 0 unspecified atom stereocenters. The van der Waals surface area contributed by atoms with Gasteiger partial charge in [-0.25, -0.2) is 4.89 Å². The van der Waals surface area contributed by atoms with Crippen molar-refractivity contribution in [3.05, 3.63) is 29.8 Å². The Hall–Kier alpha value is -0.710. The van der Waals surface area contributed by atoms with Crippen molar-refractivity contribution >= 4 is 17.9 Å². The van der Waals surface area contributed by atoms with Crippen molar-refractivity contribution in [1.82, 2.24) is 0 Å². The summed E-state index contributed by atoms with van der Waals surface area (Å²) in [5.41, 5.74) is 2.32. The first-order valence-corrected chi connectivity index (χ1v) is 5.21. The van der Waals surface area contributed by atoms with Crippen molar-refractivity contribution in [1.29, 1.82) is 0 Å². The highest BCUT2D eigenvalue weighted by molar-refractivity contribution is 7.95. The Kier molecular flexibility index (Phi) is 4.79. The van der Waals surface area contributed by atoms with E-state index in [1.165, 1.54) is 12.7 Å². The third-order valence-corrected chi connectivity index (χ3v) is 2.34. The van der Waals surface area contributed by atoms with Gasteiger partial charge in [0.15, 0.2) is 0 Å². The van der Waals surface area contributed by atoms with Gasteiger partial charge in [-0.05, 0) is 17.5 Å². The maximum absolute atomic E-state index is 4.68. The lowest BCUT2D eigenvalue weighted by Gasteiger charge is -2.12. The normalized spacial score (nSPS) is 10.6. The van der Waals surface area contributed by atoms with Crippen LogP contribution < -0.4 is 4.72 Å². The number of para-hydroxylation sites is 1. The number of hydrogen-bond donors (Lipinski definition) is 1. The van der Waals surface area contributed by atoms with Gasteiger partial charge in [-0.15, -0.1) is 4.33 Å². The van der Waals surface area contributed by atoms with Crippen LogP contribution in [0.4, 0.5) is 5.69 Å². The summed E-state index contributed by atoms with van der Waals surface area (Å²) in [5, 5.41) is 0. The smallest absolute Gasteiger partial charge is 0.148 e. The van der Waals surface area contributed by atoms with Crippen LogP contribution in [0.5, 0.6) is 0 Å². The van der Waals surface area contributed by atoms with Gasteiger partial charge in [0, 0.05) is 5.69 Å². The first-order valence-electron chi connectivity index (χ1n) is 4.47. The van der Waals surface area contributed by atoms with Crippen molar-refractivity contribution < 1.29 is 9.22 Å². The van der Waals surface area contributed by atoms with Crippen molar-refractivity contribution in [3.8, 4) is 0 Å². The summed E-state index contributed by atoms with van der Waals surface area (Å²) in [5.74, 6) is 0.488. The molecule has 1 aromatic carbocycles. The molecule has 0 aromatic heterocycles. The summed E-state index contributed by atoms with van der Waals surface area (Å²) in [6, 6.07) is 8.13. The van der Waals surface area contributed by atoms with Gasteiger partial charge in [-0.3, -0.25) is 0 Å². The topological polar surface area (TPSA) is 30.5 Å². The van der Waals surface area contributed by atoms with Gasteiger partial charge in [-0.2, -0.15) is 0 Å². The molecule has 1 N–H and O–H groups in total. The zero-order valence-corrected chi connectivity index (χ0v) is 9.43. The van der Waals surface area contributed by atoms with E-state index in [-0.39, 0.29) is 0 Å². The van der Waals surface area contributed by atoms with E-state index in [2.05, 4.69) is 33.9 Å². The molecule has 78 valence electrons. The van der Waals surface area contributed by atoms with E-state index >= 15 is 0 Å². The van der Waals surface area contributed by atoms with Gasteiger partial charge >= 0.3 is 0 Å². The minimum absolute atomic E-state index is 0.488. The monoisotopic (exact) mass is 213 g/mol. The van der Waals surface area contributed by atoms with Crippen LogP contribution in [-0.4, -0.2) is 7.11 Å². The van der Waals surface area contributed by atoms with Gasteiger partial charge in [0.2, 0.25) is 0 Å². The molecule has 0 aliphatic heterocycles.